The van der Waals surface area contributed by atoms with E-state index < -0.39 is 15.8 Å². The van der Waals surface area contributed by atoms with E-state index in [2.05, 4.69) is 28.3 Å². The Morgan fingerprint density at radius 2 is 2.03 bits per heavy atom. The van der Waals surface area contributed by atoms with E-state index in [9.17, 15) is 9.65 Å². The quantitative estimate of drug-likeness (QED) is 0.433. The first-order valence-electron chi connectivity index (χ1n) is 11.8. The molecule has 0 aliphatic heterocycles. The van der Waals surface area contributed by atoms with Crippen LogP contribution >= 0.6 is 0 Å². The molecule has 3 atom stereocenters. The van der Waals surface area contributed by atoms with E-state index in [4.69, 9.17) is 4.74 Å². The van der Waals surface area contributed by atoms with Crippen molar-refractivity contribution in [3.05, 3.63) is 36.3 Å². The van der Waals surface area contributed by atoms with Gasteiger partial charge < -0.3 is 0 Å². The molecule has 0 amide bonds. The van der Waals surface area contributed by atoms with Gasteiger partial charge in [-0.05, 0) is 0 Å². The summed E-state index contributed by atoms with van der Waals surface area (Å²) in [6, 6.07) is 9.93. The van der Waals surface area contributed by atoms with Crippen molar-refractivity contribution in [2.24, 2.45) is 5.41 Å². The van der Waals surface area contributed by atoms with E-state index in [-0.39, 0.29) is 27.0 Å². The molecule has 176 valence electrons. The van der Waals surface area contributed by atoms with Crippen LogP contribution in [0.2, 0.25) is 14.1 Å². The summed E-state index contributed by atoms with van der Waals surface area (Å²) < 4.78 is 23.5. The van der Waals surface area contributed by atoms with Gasteiger partial charge in [-0.2, -0.15) is 0 Å². The van der Waals surface area contributed by atoms with E-state index in [0.717, 1.165) is 38.0 Å². The van der Waals surface area contributed by atoms with Crippen molar-refractivity contribution < 1.29 is 9.13 Å². The molecule has 2 heterocycles. The number of aromatic nitrogens is 2. The topological polar surface area (TPSA) is 70.8 Å². The molecule has 0 saturated heterocycles. The Hall–Kier alpha value is -1.40. The first-order chi connectivity index (χ1) is 16.0. The molecule has 0 spiro atoms. The number of hydrogen-bond donors (Lipinski definition) is 1. The standard InChI is InChI=1S/C25H33As2FN4O/c1-17(14-33-2)26-18-6-8-19(9-7-18)27-23-12-20(21(28)13-30-23)22-4-3-5-24(32-22)31-16-25(15-29)10-11-25/h3-5,12-13,17-19,26-27H,6-11,14,16H2,1-2H3,(H,31,32)/t17-,18?,19?/m0/s1. The van der Waals surface area contributed by atoms with Gasteiger partial charge >= 0.3 is 210 Å². The average Bonchev–Trinajstić information content (AvgIpc) is 3.61. The molecule has 4 rings (SSSR count). The number of pyridine rings is 2. The number of hydrogen-bond acceptors (Lipinski definition) is 5. The van der Waals surface area contributed by atoms with Gasteiger partial charge in [-0.15, -0.1) is 0 Å². The first-order valence-corrected chi connectivity index (χ1v) is 16.5. The molecule has 2 fully saturated rings. The second-order valence-electron chi connectivity index (χ2n) is 9.42. The Bertz CT molecular complexity index is 987. The number of nitrogens with one attached hydrogen (secondary N) is 1. The zero-order chi connectivity index (χ0) is 23.3. The molecule has 0 aromatic carbocycles. The molecular weight excluding hydrogens is 541 g/mol. The first kappa shape index (κ1) is 24.7. The monoisotopic (exact) mass is 574 g/mol. The Morgan fingerprint density at radius 1 is 1.27 bits per heavy atom. The number of anilines is 1. The number of ether oxygens (including phenoxy) is 1. The van der Waals surface area contributed by atoms with Gasteiger partial charge in [0.05, 0.1) is 0 Å². The Kier molecular flexibility index (Phi) is 8.50. The number of methoxy groups -OCH3 is 1. The third-order valence-electron chi connectivity index (χ3n) is 6.60. The third kappa shape index (κ3) is 6.81. The van der Waals surface area contributed by atoms with Crippen LogP contribution in [0, 0.1) is 22.6 Å². The van der Waals surface area contributed by atoms with Crippen LogP contribution in [-0.2, 0) is 4.74 Å². The number of nitriles is 1. The van der Waals surface area contributed by atoms with Crippen molar-refractivity contribution in [3.8, 4) is 17.3 Å². The summed E-state index contributed by atoms with van der Waals surface area (Å²) in [6.45, 7) is 3.82. The second-order valence-corrected chi connectivity index (χ2v) is 17.3. The number of nitrogens with zero attached hydrogens (tertiary/aromatic N) is 3. The summed E-state index contributed by atoms with van der Waals surface area (Å²) in [4.78, 5) is 9.08. The van der Waals surface area contributed by atoms with E-state index in [1.165, 1.54) is 31.9 Å². The van der Waals surface area contributed by atoms with E-state index in [1.807, 2.05) is 24.3 Å². The number of halogens is 1. The van der Waals surface area contributed by atoms with Gasteiger partial charge in [0.1, 0.15) is 0 Å². The molecule has 0 radical (unpaired) electrons. The molecule has 2 aromatic heterocycles. The minimum atomic E-state index is -0.414. The normalized spacial score (nSPS) is 23.1. The molecule has 2 unspecified atom stereocenters. The van der Waals surface area contributed by atoms with Crippen molar-refractivity contribution in [2.75, 3.05) is 25.6 Å². The van der Waals surface area contributed by atoms with Gasteiger partial charge in [0.2, 0.25) is 0 Å². The fourth-order valence-corrected chi connectivity index (χ4v) is 11.0. The molecule has 2 saturated carbocycles. The maximum absolute atomic E-state index is 14.7. The zero-order valence-corrected chi connectivity index (χ0v) is 23.6. The van der Waals surface area contributed by atoms with Gasteiger partial charge in [-0.25, -0.2) is 0 Å². The summed E-state index contributed by atoms with van der Waals surface area (Å²) in [5.41, 5.74) is 0.902. The Balaban J connectivity index is 1.37. The molecule has 2 aliphatic carbocycles. The van der Waals surface area contributed by atoms with Crippen LogP contribution in [0.5, 0.6) is 0 Å². The summed E-state index contributed by atoms with van der Waals surface area (Å²) >= 11 is -0.364. The van der Waals surface area contributed by atoms with Crippen molar-refractivity contribution >= 4 is 41.8 Å². The van der Waals surface area contributed by atoms with Gasteiger partial charge in [0.15, 0.2) is 0 Å². The van der Waals surface area contributed by atoms with Crippen LogP contribution in [0.15, 0.2) is 30.5 Å². The van der Waals surface area contributed by atoms with Crippen molar-refractivity contribution in [2.45, 2.75) is 59.6 Å². The van der Waals surface area contributed by atoms with Crippen LogP contribution in [0.3, 0.4) is 0 Å². The Labute approximate surface area is 209 Å². The van der Waals surface area contributed by atoms with Gasteiger partial charge in [0.25, 0.3) is 0 Å². The van der Waals surface area contributed by atoms with E-state index in [1.54, 1.807) is 7.11 Å². The zero-order valence-electron chi connectivity index (χ0n) is 19.4. The summed E-state index contributed by atoms with van der Waals surface area (Å²) in [7, 11) is 1.80. The predicted octanol–water partition coefficient (Wildman–Crippen LogP) is 4.10. The van der Waals surface area contributed by atoms with Crippen LogP contribution in [0.1, 0.15) is 45.4 Å². The molecule has 33 heavy (non-hydrogen) atoms. The van der Waals surface area contributed by atoms with Gasteiger partial charge in [0, 0.05) is 0 Å². The van der Waals surface area contributed by atoms with Crippen LogP contribution in [0.4, 0.5) is 10.2 Å². The van der Waals surface area contributed by atoms with Crippen molar-refractivity contribution in [3.63, 3.8) is 0 Å². The molecule has 0 bridgehead atoms. The summed E-state index contributed by atoms with van der Waals surface area (Å²) in [5, 5.41) is 12.5. The maximum atomic E-state index is 14.7. The second kappa shape index (κ2) is 11.3. The molecule has 5 nitrogen and oxygen atoms in total. The van der Waals surface area contributed by atoms with E-state index >= 15 is 0 Å². The molecule has 2 aromatic rings. The van der Waals surface area contributed by atoms with Crippen molar-refractivity contribution in [1.29, 1.82) is 5.26 Å². The fraction of sp³-hybridized carbons (Fsp3) is 0.560. The summed E-state index contributed by atoms with van der Waals surface area (Å²) in [5.74, 6) is 0.361. The van der Waals surface area contributed by atoms with Crippen LogP contribution < -0.4 is 9.80 Å². The minimum absolute atomic E-state index is 0.0493. The third-order valence-corrected chi connectivity index (χ3v) is 13.6. The predicted molar refractivity (Wildman–Crippen MR) is 134 cm³/mol. The molecular formula is C25H33As2FN4O. The van der Waals surface area contributed by atoms with Crippen LogP contribution in [-0.4, -0.2) is 61.7 Å². The van der Waals surface area contributed by atoms with Gasteiger partial charge in [-0.3, -0.25) is 0 Å². The average molecular weight is 574 g/mol. The van der Waals surface area contributed by atoms with E-state index in [0.29, 0.717) is 23.6 Å². The fourth-order valence-electron chi connectivity index (χ4n) is 4.45. The summed E-state index contributed by atoms with van der Waals surface area (Å²) in [6.07, 6.45) is 8.50. The molecule has 2 aliphatic rings. The van der Waals surface area contributed by atoms with Crippen LogP contribution in [0.25, 0.3) is 11.3 Å². The molecule has 1 N–H and O–H groups in total. The molecule has 8 heteroatoms. The van der Waals surface area contributed by atoms with Gasteiger partial charge in [-0.1, -0.05) is 0 Å². The Morgan fingerprint density at radius 3 is 2.73 bits per heavy atom. The number of rotatable bonds is 10. The SMILES string of the molecule is COC[C@H](C)[AsH]C1CCC([AsH]c2cc(-c3cccc(NCC4(C#N)CC4)n3)c(F)cn2)CC1. The van der Waals surface area contributed by atoms with Crippen molar-refractivity contribution in [1.82, 2.24) is 9.97 Å².